The molecule has 0 radical (unpaired) electrons. The highest BCUT2D eigenvalue weighted by Gasteiger charge is 2.46. The van der Waals surface area contributed by atoms with Crippen LogP contribution in [0.5, 0.6) is 0 Å². The van der Waals surface area contributed by atoms with Crippen molar-refractivity contribution in [2.24, 2.45) is 0 Å². The number of hydrogen-bond donors (Lipinski definition) is 0. The number of hydrogen-bond acceptors (Lipinski definition) is 2. The molecule has 11 aromatic rings. The van der Waals surface area contributed by atoms with E-state index in [1.807, 2.05) is 11.3 Å². The number of rotatable bonds is 6. The zero-order valence-corrected chi connectivity index (χ0v) is 33.0. The van der Waals surface area contributed by atoms with E-state index < -0.39 is 5.41 Å². The summed E-state index contributed by atoms with van der Waals surface area (Å²) in [6.07, 6.45) is 0. The van der Waals surface area contributed by atoms with Crippen molar-refractivity contribution in [3.63, 3.8) is 0 Å². The second-order valence-electron chi connectivity index (χ2n) is 15.6. The van der Waals surface area contributed by atoms with Gasteiger partial charge in [0.1, 0.15) is 0 Å². The van der Waals surface area contributed by atoms with Crippen LogP contribution in [0.1, 0.15) is 22.3 Å². The normalized spacial score (nSPS) is 12.9. The van der Waals surface area contributed by atoms with Crippen molar-refractivity contribution in [3.8, 4) is 22.3 Å². The average molecular weight is 768 g/mol. The second-order valence-corrected chi connectivity index (χ2v) is 16.7. The largest absolute Gasteiger partial charge is 0.310 e. The molecule has 12 rings (SSSR count). The molecule has 0 N–H and O–H groups in total. The van der Waals surface area contributed by atoms with Crippen molar-refractivity contribution in [1.29, 1.82) is 0 Å². The predicted octanol–water partition coefficient (Wildman–Crippen LogP) is 15.9. The summed E-state index contributed by atoms with van der Waals surface area (Å²) in [5.74, 6) is 0. The summed E-state index contributed by atoms with van der Waals surface area (Å²) in [5.41, 5.74) is 13.0. The maximum Gasteiger partial charge on any atom is 0.0714 e. The maximum atomic E-state index is 2.46. The first-order valence-corrected chi connectivity index (χ1v) is 21.1. The van der Waals surface area contributed by atoms with Gasteiger partial charge in [-0.25, -0.2) is 0 Å². The van der Waals surface area contributed by atoms with Gasteiger partial charge in [-0.15, -0.1) is 11.3 Å². The summed E-state index contributed by atoms with van der Waals surface area (Å²) in [7, 11) is 0. The number of fused-ring (bicyclic) bond motifs is 9. The molecule has 0 spiro atoms. The topological polar surface area (TPSA) is 3.24 Å². The molecule has 0 saturated carbocycles. The Hall–Kier alpha value is -7.26. The van der Waals surface area contributed by atoms with Crippen molar-refractivity contribution >= 4 is 70.1 Å². The van der Waals surface area contributed by atoms with Crippen LogP contribution in [-0.2, 0) is 5.41 Å². The van der Waals surface area contributed by atoms with E-state index in [0.717, 1.165) is 17.1 Å². The summed E-state index contributed by atoms with van der Waals surface area (Å²) >= 11 is 1.86. The van der Waals surface area contributed by atoms with Crippen molar-refractivity contribution in [2.75, 3.05) is 4.90 Å². The van der Waals surface area contributed by atoms with Gasteiger partial charge in [0.05, 0.1) is 5.41 Å². The van der Waals surface area contributed by atoms with Crippen LogP contribution in [0.15, 0.2) is 224 Å². The van der Waals surface area contributed by atoms with Crippen LogP contribution in [0.2, 0.25) is 0 Å². The van der Waals surface area contributed by atoms with Crippen molar-refractivity contribution in [3.05, 3.63) is 247 Å². The van der Waals surface area contributed by atoms with E-state index in [1.54, 1.807) is 0 Å². The Labute approximate surface area is 347 Å². The molecule has 10 aromatic carbocycles. The molecule has 276 valence electrons. The highest BCUT2D eigenvalue weighted by Crippen LogP contribution is 2.57. The summed E-state index contributed by atoms with van der Waals surface area (Å²) in [4.78, 5) is 2.44. The summed E-state index contributed by atoms with van der Waals surface area (Å²) in [6.45, 7) is 0. The minimum Gasteiger partial charge on any atom is -0.310 e. The molecule has 59 heavy (non-hydrogen) atoms. The van der Waals surface area contributed by atoms with Crippen LogP contribution in [0.4, 0.5) is 17.1 Å². The fraction of sp³-hybridized carbons (Fsp3) is 0.0175. The molecule has 0 atom stereocenters. The second kappa shape index (κ2) is 13.4. The van der Waals surface area contributed by atoms with Crippen LogP contribution in [0.3, 0.4) is 0 Å². The van der Waals surface area contributed by atoms with Gasteiger partial charge in [-0.05, 0) is 121 Å². The van der Waals surface area contributed by atoms with Crippen LogP contribution < -0.4 is 4.90 Å². The molecule has 1 aromatic heterocycles. The maximum absolute atomic E-state index is 2.46. The molecule has 0 bridgehead atoms. The lowest BCUT2D eigenvalue weighted by atomic mass is 9.67. The van der Waals surface area contributed by atoms with Gasteiger partial charge in [0.2, 0.25) is 0 Å². The number of nitrogens with zero attached hydrogens (tertiary/aromatic N) is 1. The fourth-order valence-electron chi connectivity index (χ4n) is 9.87. The number of anilines is 3. The molecule has 2 heteroatoms. The first-order chi connectivity index (χ1) is 29.2. The van der Waals surface area contributed by atoms with E-state index in [2.05, 4.69) is 229 Å². The molecule has 1 heterocycles. The number of benzene rings is 10. The molecular weight excluding hydrogens is 731 g/mol. The molecular formula is C57H37NS. The molecule has 1 nitrogen and oxygen atoms in total. The SMILES string of the molecule is c1ccc(C2(c3ccccc3)c3ccccc3-c3ccc(N(c4ccc(-c5ccc6sc7ccccc7c6c5)cc4)c4ccc5c(ccc6ccccc65)c4)cc32)cc1. The Balaban J connectivity index is 1.06. The lowest BCUT2D eigenvalue weighted by molar-refractivity contribution is 0.768. The molecule has 0 amide bonds. The van der Waals surface area contributed by atoms with Gasteiger partial charge in [-0.3, -0.25) is 0 Å². The Bertz CT molecular complexity index is 3340. The lowest BCUT2D eigenvalue weighted by Crippen LogP contribution is -2.28. The van der Waals surface area contributed by atoms with Gasteiger partial charge in [-0.2, -0.15) is 0 Å². The standard InChI is InChI=1S/C57H37NS/c1-3-14-42(15-4-1)57(43-16-5-2-6-17-43)53-21-11-9-19-49(53)50-33-31-46(37-54(50)57)58(45-30-32-48-41(35-45)24-23-39-13-7-8-18-47(39)48)44-28-25-38(26-29-44)40-27-34-56-52(36-40)51-20-10-12-22-55(51)59-56/h1-37H. The van der Waals surface area contributed by atoms with Crippen LogP contribution in [0, 0.1) is 0 Å². The summed E-state index contributed by atoms with van der Waals surface area (Å²) in [5, 5.41) is 7.64. The van der Waals surface area contributed by atoms with Crippen molar-refractivity contribution in [1.82, 2.24) is 0 Å². The predicted molar refractivity (Wildman–Crippen MR) is 252 cm³/mol. The van der Waals surface area contributed by atoms with E-state index in [4.69, 9.17) is 0 Å². The first-order valence-electron chi connectivity index (χ1n) is 20.3. The van der Waals surface area contributed by atoms with Crippen LogP contribution in [-0.4, -0.2) is 0 Å². The van der Waals surface area contributed by atoms with Crippen LogP contribution in [0.25, 0.3) is 64.0 Å². The van der Waals surface area contributed by atoms with Gasteiger partial charge in [0, 0.05) is 37.2 Å². The minimum atomic E-state index is -0.493. The first kappa shape index (κ1) is 33.8. The third kappa shape index (κ3) is 5.24. The fourth-order valence-corrected chi connectivity index (χ4v) is 11.0. The Morgan fingerprint density at radius 3 is 1.71 bits per heavy atom. The Morgan fingerprint density at radius 2 is 0.898 bits per heavy atom. The smallest absolute Gasteiger partial charge is 0.0714 e. The van der Waals surface area contributed by atoms with Gasteiger partial charge >= 0.3 is 0 Å². The summed E-state index contributed by atoms with van der Waals surface area (Å²) < 4.78 is 2.65. The number of thiophene rings is 1. The Morgan fingerprint density at radius 1 is 0.322 bits per heavy atom. The monoisotopic (exact) mass is 767 g/mol. The molecule has 0 fully saturated rings. The van der Waals surface area contributed by atoms with Gasteiger partial charge < -0.3 is 4.90 Å². The zero-order chi connectivity index (χ0) is 38.9. The van der Waals surface area contributed by atoms with E-state index in [1.165, 1.54) is 86.2 Å². The zero-order valence-electron chi connectivity index (χ0n) is 32.2. The third-order valence-corrected chi connectivity index (χ3v) is 13.7. The molecule has 1 aliphatic carbocycles. The Kier molecular flexibility index (Phi) is 7.69. The van der Waals surface area contributed by atoms with Gasteiger partial charge in [0.15, 0.2) is 0 Å². The van der Waals surface area contributed by atoms with Crippen molar-refractivity contribution < 1.29 is 0 Å². The van der Waals surface area contributed by atoms with Gasteiger partial charge in [0.25, 0.3) is 0 Å². The highest BCUT2D eigenvalue weighted by molar-refractivity contribution is 7.25. The van der Waals surface area contributed by atoms with Crippen molar-refractivity contribution in [2.45, 2.75) is 5.41 Å². The van der Waals surface area contributed by atoms with E-state index in [0.29, 0.717) is 0 Å². The molecule has 0 unspecified atom stereocenters. The van der Waals surface area contributed by atoms with Crippen LogP contribution >= 0.6 is 11.3 Å². The van der Waals surface area contributed by atoms with E-state index in [9.17, 15) is 0 Å². The minimum absolute atomic E-state index is 0.493. The quantitative estimate of drug-likeness (QED) is 0.152. The van der Waals surface area contributed by atoms with Gasteiger partial charge in [-0.1, -0.05) is 170 Å². The lowest BCUT2D eigenvalue weighted by Gasteiger charge is -2.35. The third-order valence-electron chi connectivity index (χ3n) is 12.5. The average Bonchev–Trinajstić information content (AvgIpc) is 3.83. The van der Waals surface area contributed by atoms with E-state index >= 15 is 0 Å². The molecule has 0 saturated heterocycles. The molecule has 0 aliphatic heterocycles. The molecule has 1 aliphatic rings. The highest BCUT2D eigenvalue weighted by atomic mass is 32.1. The summed E-state index contributed by atoms with van der Waals surface area (Å²) in [6, 6.07) is 83.2. The van der Waals surface area contributed by atoms with E-state index in [-0.39, 0.29) is 0 Å².